The van der Waals surface area contributed by atoms with Crippen molar-refractivity contribution in [3.63, 3.8) is 0 Å². The molecule has 0 unspecified atom stereocenters. The zero-order valence-corrected chi connectivity index (χ0v) is 22.1. The van der Waals surface area contributed by atoms with Gasteiger partial charge in [0.1, 0.15) is 12.2 Å². The van der Waals surface area contributed by atoms with Gasteiger partial charge < -0.3 is 25.5 Å². The van der Waals surface area contributed by atoms with Crippen molar-refractivity contribution in [2.75, 3.05) is 41.7 Å². The Balaban J connectivity index is 1.24. The summed E-state index contributed by atoms with van der Waals surface area (Å²) in [5, 5.41) is 40.2. The molecule has 1 atom stereocenters. The summed E-state index contributed by atoms with van der Waals surface area (Å²) in [5.74, 6) is 0.518. The third kappa shape index (κ3) is 4.67. The molecule has 1 amide bonds. The number of hydrogen-bond acceptors (Lipinski definition) is 10. The molecule has 3 fully saturated rings. The molecule has 0 radical (unpaired) electrons. The van der Waals surface area contributed by atoms with E-state index < -0.39 is 6.10 Å². The number of anilines is 4. The summed E-state index contributed by atoms with van der Waals surface area (Å²) in [7, 11) is 0. The molecular formula is C26H27ClN10O2. The number of nitrogens with zero attached hydrogens (tertiary/aromatic N) is 8. The van der Waals surface area contributed by atoms with E-state index in [0.29, 0.717) is 46.9 Å². The fourth-order valence-corrected chi connectivity index (χ4v) is 5.64. The lowest BCUT2D eigenvalue weighted by Gasteiger charge is -2.54. The Morgan fingerprint density at radius 2 is 1.97 bits per heavy atom. The number of imidazole rings is 1. The van der Waals surface area contributed by atoms with Crippen LogP contribution in [0.25, 0.3) is 5.65 Å². The summed E-state index contributed by atoms with van der Waals surface area (Å²) in [6.45, 7) is 4.25. The lowest BCUT2D eigenvalue weighted by atomic mass is 9.71. The maximum atomic E-state index is 12.1. The Morgan fingerprint density at radius 1 is 1.23 bits per heavy atom. The molecule has 2 saturated heterocycles. The number of benzene rings is 1. The number of nitrogens with one attached hydrogen (secondary N) is 2. The maximum absolute atomic E-state index is 12.1. The minimum Gasteiger partial charge on any atom is -0.384 e. The van der Waals surface area contributed by atoms with Crippen molar-refractivity contribution < 1.29 is 9.90 Å². The number of carbonyl (C=O) groups is 1. The van der Waals surface area contributed by atoms with E-state index in [9.17, 15) is 20.4 Å². The molecule has 3 N–H and O–H groups in total. The second kappa shape index (κ2) is 9.56. The van der Waals surface area contributed by atoms with E-state index in [1.165, 1.54) is 17.6 Å². The standard InChI is InChI=1S/C26H27ClN10O2/c1-15(38)24(39)36-13-26(14-36)4-6-35(7-5-26)20-9-16(10-28)8-19(21(20)27)32-25-33-22(31-17-2-3-17)23-30-12-18(11-29)37(23)34-25/h8-9,12,15,17,38H,2-7,13-14H2,1H3,(H2,31,32,33,34)/t15-/m0/s1. The lowest BCUT2D eigenvalue weighted by Crippen LogP contribution is -2.63. The molecular weight excluding hydrogens is 520 g/mol. The minimum atomic E-state index is -0.980. The van der Waals surface area contributed by atoms with Gasteiger partial charge in [-0.1, -0.05) is 11.6 Å². The van der Waals surface area contributed by atoms with E-state index in [0.717, 1.165) is 44.5 Å². The van der Waals surface area contributed by atoms with Gasteiger partial charge in [0.05, 0.1) is 34.2 Å². The number of halogens is 1. The number of piperidine rings is 1. The molecule has 2 aromatic heterocycles. The van der Waals surface area contributed by atoms with Gasteiger partial charge >= 0.3 is 0 Å². The van der Waals surface area contributed by atoms with Crippen LogP contribution < -0.4 is 15.5 Å². The zero-order valence-electron chi connectivity index (χ0n) is 21.4. The fraction of sp³-hybridized carbons (Fsp3) is 0.462. The van der Waals surface area contributed by atoms with E-state index in [4.69, 9.17) is 11.6 Å². The third-order valence-corrected chi connectivity index (χ3v) is 8.11. The van der Waals surface area contributed by atoms with Gasteiger partial charge in [0.25, 0.3) is 5.91 Å². The Bertz CT molecular complexity index is 1530. The van der Waals surface area contributed by atoms with Gasteiger partial charge in [-0.2, -0.15) is 20.0 Å². The van der Waals surface area contributed by atoms with Crippen LogP contribution in [0.1, 0.15) is 43.9 Å². The number of likely N-dealkylation sites (tertiary alicyclic amines) is 1. The third-order valence-electron chi connectivity index (χ3n) is 7.71. The van der Waals surface area contributed by atoms with Gasteiger partial charge in [0.2, 0.25) is 5.95 Å². The average molecular weight is 547 g/mol. The predicted molar refractivity (Wildman–Crippen MR) is 144 cm³/mol. The van der Waals surface area contributed by atoms with E-state index in [1.54, 1.807) is 17.0 Å². The zero-order chi connectivity index (χ0) is 27.3. The normalized spacial score (nSPS) is 18.8. The lowest BCUT2D eigenvalue weighted by molar-refractivity contribution is -0.153. The molecule has 1 spiro atoms. The van der Waals surface area contributed by atoms with Gasteiger partial charge in [-0.3, -0.25) is 4.79 Å². The smallest absolute Gasteiger partial charge is 0.251 e. The molecule has 39 heavy (non-hydrogen) atoms. The molecule has 2 aliphatic heterocycles. The summed E-state index contributed by atoms with van der Waals surface area (Å²) in [4.78, 5) is 24.9. The first-order valence-electron chi connectivity index (χ1n) is 12.9. The highest BCUT2D eigenvalue weighted by Crippen LogP contribution is 2.44. The summed E-state index contributed by atoms with van der Waals surface area (Å²) in [6, 6.07) is 8.05. The van der Waals surface area contributed by atoms with Crippen LogP contribution in [0, 0.1) is 28.1 Å². The molecule has 1 saturated carbocycles. The average Bonchev–Trinajstić information content (AvgIpc) is 3.63. The van der Waals surface area contributed by atoms with Gasteiger partial charge in [0.15, 0.2) is 17.2 Å². The van der Waals surface area contributed by atoms with Crippen LogP contribution in [0.5, 0.6) is 0 Å². The van der Waals surface area contributed by atoms with Crippen molar-refractivity contribution in [2.45, 2.75) is 44.8 Å². The van der Waals surface area contributed by atoms with Crippen LogP contribution in [0.2, 0.25) is 5.02 Å². The Hall–Kier alpha value is -4.13. The molecule has 3 aliphatic rings. The topological polar surface area (TPSA) is 158 Å². The van der Waals surface area contributed by atoms with Crippen LogP contribution in [0.15, 0.2) is 18.3 Å². The van der Waals surface area contributed by atoms with Crippen LogP contribution in [-0.2, 0) is 4.79 Å². The van der Waals surface area contributed by atoms with Crippen LogP contribution >= 0.6 is 11.6 Å². The highest BCUT2D eigenvalue weighted by molar-refractivity contribution is 6.36. The monoisotopic (exact) mass is 546 g/mol. The number of aliphatic hydroxyl groups is 1. The molecule has 3 aromatic rings. The van der Waals surface area contributed by atoms with Gasteiger partial charge in [0, 0.05) is 37.6 Å². The van der Waals surface area contributed by atoms with Crippen molar-refractivity contribution in [1.29, 1.82) is 10.5 Å². The Kier molecular flexibility index (Phi) is 6.17. The van der Waals surface area contributed by atoms with E-state index >= 15 is 0 Å². The summed E-state index contributed by atoms with van der Waals surface area (Å²) >= 11 is 6.89. The molecule has 4 heterocycles. The number of rotatable bonds is 6. The predicted octanol–water partition coefficient (Wildman–Crippen LogP) is 2.65. The largest absolute Gasteiger partial charge is 0.384 e. The molecule has 13 heteroatoms. The molecule has 200 valence electrons. The SMILES string of the molecule is C[C@H](O)C(=O)N1CC2(CCN(c3cc(C#N)cc(Nc4nc(NC5CC5)c5ncc(C#N)n5n4)c3Cl)CC2)C1. The van der Waals surface area contributed by atoms with E-state index in [2.05, 4.69) is 42.7 Å². The quantitative estimate of drug-likeness (QED) is 0.419. The van der Waals surface area contributed by atoms with Gasteiger partial charge in [-0.05, 0) is 44.7 Å². The summed E-state index contributed by atoms with van der Waals surface area (Å²) < 4.78 is 1.44. The first-order valence-corrected chi connectivity index (χ1v) is 13.3. The van der Waals surface area contributed by atoms with Crippen LogP contribution in [0.3, 0.4) is 0 Å². The number of aliphatic hydroxyl groups excluding tert-OH is 1. The maximum Gasteiger partial charge on any atom is 0.251 e. The summed E-state index contributed by atoms with van der Waals surface area (Å²) in [5.41, 5.74) is 2.46. The number of fused-ring (bicyclic) bond motifs is 1. The van der Waals surface area contributed by atoms with Crippen molar-refractivity contribution in [2.24, 2.45) is 5.41 Å². The van der Waals surface area contributed by atoms with Crippen molar-refractivity contribution in [3.8, 4) is 12.1 Å². The Morgan fingerprint density at radius 3 is 2.62 bits per heavy atom. The highest BCUT2D eigenvalue weighted by Gasteiger charge is 2.47. The molecule has 6 rings (SSSR count). The Labute approximate surface area is 229 Å². The summed E-state index contributed by atoms with van der Waals surface area (Å²) in [6.07, 6.45) is 4.30. The minimum absolute atomic E-state index is 0.0545. The van der Waals surface area contributed by atoms with E-state index in [1.807, 2.05) is 0 Å². The van der Waals surface area contributed by atoms with Crippen molar-refractivity contribution >= 4 is 46.3 Å². The number of nitriles is 2. The second-order valence-corrected chi connectivity index (χ2v) is 11.0. The molecule has 1 aliphatic carbocycles. The molecule has 0 bridgehead atoms. The van der Waals surface area contributed by atoms with Gasteiger partial charge in [-0.25, -0.2) is 4.98 Å². The second-order valence-electron chi connectivity index (χ2n) is 10.6. The number of aromatic nitrogens is 4. The van der Waals surface area contributed by atoms with Gasteiger partial charge in [-0.15, -0.1) is 5.10 Å². The van der Waals surface area contributed by atoms with Crippen molar-refractivity contribution in [1.82, 2.24) is 24.5 Å². The first kappa shape index (κ1) is 25.2. The number of amides is 1. The number of hydrogen-bond donors (Lipinski definition) is 3. The highest BCUT2D eigenvalue weighted by atomic mass is 35.5. The molecule has 1 aromatic carbocycles. The van der Waals surface area contributed by atoms with Crippen LogP contribution in [0.4, 0.5) is 23.1 Å². The molecule has 12 nitrogen and oxygen atoms in total. The first-order chi connectivity index (χ1) is 18.8. The van der Waals surface area contributed by atoms with E-state index in [-0.39, 0.29) is 23.0 Å². The van der Waals surface area contributed by atoms with Crippen molar-refractivity contribution in [3.05, 3.63) is 34.6 Å². The van der Waals surface area contributed by atoms with Crippen LogP contribution in [-0.4, -0.2) is 73.8 Å². The number of carbonyl (C=O) groups excluding carboxylic acids is 1. The fourth-order valence-electron chi connectivity index (χ4n) is 5.37.